The Morgan fingerprint density at radius 1 is 1.58 bits per heavy atom. The van der Waals surface area contributed by atoms with Gasteiger partial charge in [-0.2, -0.15) is 0 Å². The second-order valence-corrected chi connectivity index (χ2v) is 4.33. The van der Waals surface area contributed by atoms with Crippen molar-refractivity contribution < 1.29 is 18.4 Å². The third kappa shape index (κ3) is 6.34. The van der Waals surface area contributed by atoms with E-state index in [4.69, 9.17) is 10.0 Å². The molecule has 0 heterocycles. The Labute approximate surface area is 71.8 Å². The van der Waals surface area contributed by atoms with Gasteiger partial charge in [0, 0.05) is 6.92 Å². The molecular formula is C6H14NO4P. The molecule has 1 unspecified atom stereocenters. The normalized spacial score (nSPS) is 15.8. The summed E-state index contributed by atoms with van der Waals surface area (Å²) >= 11 is 0. The molecule has 0 amide bonds. The van der Waals surface area contributed by atoms with E-state index in [-0.39, 0.29) is 12.5 Å². The van der Waals surface area contributed by atoms with Gasteiger partial charge in [0.15, 0.2) is 0 Å². The molecule has 2 N–H and O–H groups in total. The highest BCUT2D eigenvalue weighted by atomic mass is 31.2. The minimum absolute atomic E-state index is 0.192. The van der Waals surface area contributed by atoms with Gasteiger partial charge in [-0.1, -0.05) is 13.8 Å². The average Bonchev–Trinajstić information content (AvgIpc) is 1.81. The minimum Gasteiger partial charge on any atom is -0.380 e. The van der Waals surface area contributed by atoms with E-state index in [0.717, 1.165) is 6.92 Å². The molecule has 0 saturated carbocycles. The van der Waals surface area contributed by atoms with Crippen molar-refractivity contribution in [2.24, 2.45) is 11.4 Å². The van der Waals surface area contributed by atoms with E-state index in [0.29, 0.717) is 0 Å². The van der Waals surface area contributed by atoms with E-state index in [9.17, 15) is 9.36 Å². The summed E-state index contributed by atoms with van der Waals surface area (Å²) in [5.74, 6) is -0.512. The SMILES string of the molecule is CC(=O)OP(N)(=O)OCC(C)C. The lowest BCUT2D eigenvalue weighted by molar-refractivity contribution is -0.132. The number of nitrogens with two attached hydrogens (primary N) is 1. The monoisotopic (exact) mass is 195 g/mol. The molecule has 0 fully saturated rings. The number of rotatable bonds is 4. The highest BCUT2D eigenvalue weighted by molar-refractivity contribution is 7.51. The first-order chi connectivity index (χ1) is 5.33. The Balaban J connectivity index is 3.88. The van der Waals surface area contributed by atoms with E-state index in [2.05, 4.69) is 4.52 Å². The summed E-state index contributed by atoms with van der Waals surface area (Å²) in [5.41, 5.74) is 5.06. The van der Waals surface area contributed by atoms with Crippen LogP contribution in [0.25, 0.3) is 0 Å². The summed E-state index contributed by atoms with van der Waals surface area (Å²) in [5, 5.41) is 0. The Morgan fingerprint density at radius 2 is 2.08 bits per heavy atom. The molecule has 0 aromatic heterocycles. The molecule has 0 aliphatic carbocycles. The Hall–Kier alpha value is -0.380. The van der Waals surface area contributed by atoms with Gasteiger partial charge in [-0.15, -0.1) is 0 Å². The van der Waals surface area contributed by atoms with E-state index >= 15 is 0 Å². The van der Waals surface area contributed by atoms with Crippen molar-refractivity contribution in [2.75, 3.05) is 6.61 Å². The molecule has 5 nitrogen and oxygen atoms in total. The fourth-order valence-corrected chi connectivity index (χ4v) is 1.38. The molecule has 0 radical (unpaired) electrons. The molecule has 0 rings (SSSR count). The molecule has 72 valence electrons. The largest absolute Gasteiger partial charge is 0.458 e. The lowest BCUT2D eigenvalue weighted by Crippen LogP contribution is -2.10. The van der Waals surface area contributed by atoms with Gasteiger partial charge in [0.2, 0.25) is 0 Å². The van der Waals surface area contributed by atoms with Gasteiger partial charge in [0.05, 0.1) is 6.61 Å². The van der Waals surface area contributed by atoms with Gasteiger partial charge in [-0.3, -0.25) is 9.32 Å². The molecule has 0 aliphatic rings. The van der Waals surface area contributed by atoms with E-state index in [1.54, 1.807) is 0 Å². The third-order valence-electron chi connectivity index (χ3n) is 0.844. The van der Waals surface area contributed by atoms with Gasteiger partial charge in [-0.25, -0.2) is 10.1 Å². The first-order valence-electron chi connectivity index (χ1n) is 3.57. The van der Waals surface area contributed by atoms with E-state index < -0.39 is 13.7 Å². The molecular weight excluding hydrogens is 181 g/mol. The maximum atomic E-state index is 11.0. The second-order valence-electron chi connectivity index (χ2n) is 2.81. The van der Waals surface area contributed by atoms with Crippen LogP contribution in [0.5, 0.6) is 0 Å². The smallest absolute Gasteiger partial charge is 0.380 e. The highest BCUT2D eigenvalue weighted by Crippen LogP contribution is 2.39. The Morgan fingerprint density at radius 3 is 2.42 bits per heavy atom. The zero-order valence-corrected chi connectivity index (χ0v) is 8.34. The van der Waals surface area contributed by atoms with Crippen LogP contribution in [0.2, 0.25) is 0 Å². The second kappa shape index (κ2) is 4.60. The maximum absolute atomic E-state index is 11.0. The molecule has 12 heavy (non-hydrogen) atoms. The quantitative estimate of drug-likeness (QED) is 0.683. The topological polar surface area (TPSA) is 78.6 Å². The van der Waals surface area contributed by atoms with Crippen LogP contribution < -0.4 is 5.50 Å². The lowest BCUT2D eigenvalue weighted by Gasteiger charge is -2.12. The van der Waals surface area contributed by atoms with Crippen molar-refractivity contribution in [3.63, 3.8) is 0 Å². The van der Waals surface area contributed by atoms with Crippen LogP contribution in [-0.2, 0) is 18.4 Å². The maximum Gasteiger partial charge on any atom is 0.458 e. The summed E-state index contributed by atoms with van der Waals surface area (Å²) in [7, 11) is -3.65. The summed E-state index contributed by atoms with van der Waals surface area (Å²) < 4.78 is 20.0. The van der Waals surface area contributed by atoms with Crippen molar-refractivity contribution in [3.05, 3.63) is 0 Å². The molecule has 1 atom stereocenters. The fourth-order valence-electron chi connectivity index (χ4n) is 0.459. The standard InChI is InChI=1S/C6H14NO4P/c1-5(2)4-10-12(7,9)11-6(3)8/h5H,4H2,1-3H3,(H2,7,9). The first kappa shape index (κ1) is 11.6. The van der Waals surface area contributed by atoms with Crippen molar-refractivity contribution in [1.29, 1.82) is 0 Å². The van der Waals surface area contributed by atoms with Gasteiger partial charge < -0.3 is 4.52 Å². The zero-order valence-electron chi connectivity index (χ0n) is 7.44. The van der Waals surface area contributed by atoms with Gasteiger partial charge in [0.1, 0.15) is 0 Å². The number of carbonyl (C=O) groups excluding carboxylic acids is 1. The predicted octanol–water partition coefficient (Wildman–Crippen LogP) is 1.29. The Kier molecular flexibility index (Phi) is 4.45. The van der Waals surface area contributed by atoms with E-state index in [1.165, 1.54) is 0 Å². The van der Waals surface area contributed by atoms with Gasteiger partial charge in [-0.05, 0) is 5.92 Å². The minimum atomic E-state index is -3.65. The third-order valence-corrected chi connectivity index (χ3v) is 1.86. The summed E-state index contributed by atoms with van der Waals surface area (Å²) in [6, 6.07) is 0. The van der Waals surface area contributed by atoms with Crippen molar-refractivity contribution in [3.8, 4) is 0 Å². The molecule has 0 aromatic carbocycles. The summed E-state index contributed by atoms with van der Waals surface area (Å²) in [4.78, 5) is 10.3. The van der Waals surface area contributed by atoms with Crippen LogP contribution in [0.15, 0.2) is 0 Å². The average molecular weight is 195 g/mol. The molecule has 0 spiro atoms. The fraction of sp³-hybridized carbons (Fsp3) is 0.833. The molecule has 0 bridgehead atoms. The van der Waals surface area contributed by atoms with Crippen molar-refractivity contribution in [1.82, 2.24) is 0 Å². The van der Waals surface area contributed by atoms with Crippen LogP contribution in [-0.4, -0.2) is 12.6 Å². The van der Waals surface area contributed by atoms with Gasteiger partial charge in [0.25, 0.3) is 0 Å². The summed E-state index contributed by atoms with van der Waals surface area (Å²) in [6.45, 7) is 5.07. The Bertz CT molecular complexity index is 204. The molecule has 0 saturated heterocycles. The van der Waals surface area contributed by atoms with E-state index in [1.807, 2.05) is 13.8 Å². The van der Waals surface area contributed by atoms with Crippen molar-refractivity contribution >= 4 is 13.7 Å². The predicted molar refractivity (Wildman–Crippen MR) is 44.3 cm³/mol. The summed E-state index contributed by atoms with van der Waals surface area (Å²) in [6.07, 6.45) is 0. The lowest BCUT2D eigenvalue weighted by atomic mass is 10.2. The number of carbonyl (C=O) groups is 1. The molecule has 6 heteroatoms. The van der Waals surface area contributed by atoms with Crippen LogP contribution >= 0.6 is 7.75 Å². The van der Waals surface area contributed by atoms with Crippen LogP contribution in [0.4, 0.5) is 0 Å². The van der Waals surface area contributed by atoms with Crippen LogP contribution in [0.3, 0.4) is 0 Å². The number of hydrogen-bond acceptors (Lipinski definition) is 4. The zero-order chi connectivity index (χ0) is 9.78. The first-order valence-corrected chi connectivity index (χ1v) is 5.18. The molecule has 0 aliphatic heterocycles. The highest BCUT2D eigenvalue weighted by Gasteiger charge is 2.21. The van der Waals surface area contributed by atoms with Gasteiger partial charge >= 0.3 is 13.7 Å². The number of hydrogen-bond donors (Lipinski definition) is 1. The van der Waals surface area contributed by atoms with Crippen molar-refractivity contribution in [2.45, 2.75) is 20.8 Å². The van der Waals surface area contributed by atoms with Crippen LogP contribution in [0, 0.1) is 5.92 Å². The molecule has 0 aromatic rings. The van der Waals surface area contributed by atoms with Crippen LogP contribution in [0.1, 0.15) is 20.8 Å².